The molecule has 0 heterocycles. The van der Waals surface area contributed by atoms with Crippen LogP contribution in [0.3, 0.4) is 0 Å². The molecule has 52 valence electrons. The molecule has 0 N–H and O–H groups in total. The lowest BCUT2D eigenvalue weighted by atomic mass is 10.2. The van der Waals surface area contributed by atoms with Crippen molar-refractivity contribution in [1.82, 2.24) is 0 Å². The molecule has 0 aliphatic heterocycles. The fourth-order valence-corrected chi connectivity index (χ4v) is 0.715. The minimum Gasteiger partial charge on any atom is -0.197 e. The molecule has 1 aromatic rings. The van der Waals surface area contributed by atoms with Gasteiger partial charge in [-0.15, -0.1) is 0 Å². The third kappa shape index (κ3) is 2.12. The zero-order valence-electron chi connectivity index (χ0n) is 5.76. The van der Waals surface area contributed by atoms with Crippen molar-refractivity contribution in [2.24, 2.45) is 0 Å². The summed E-state index contributed by atoms with van der Waals surface area (Å²) < 4.78 is 0. The molecule has 0 aliphatic carbocycles. The summed E-state index contributed by atoms with van der Waals surface area (Å²) in [6, 6.07) is 9.58. The second-order valence-corrected chi connectivity index (χ2v) is 1.98. The van der Waals surface area contributed by atoms with Gasteiger partial charge in [-0.3, -0.25) is 0 Å². The lowest BCUT2D eigenvalue weighted by Gasteiger charge is -1.88. The third-order valence-corrected chi connectivity index (χ3v) is 1.15. The van der Waals surface area contributed by atoms with Crippen molar-refractivity contribution in [2.75, 3.05) is 0 Å². The Morgan fingerprint density at radius 3 is 2.50 bits per heavy atom. The van der Waals surface area contributed by atoms with Gasteiger partial charge >= 0.3 is 0 Å². The first kappa shape index (κ1) is 9.06. The Morgan fingerprint density at radius 1 is 1.40 bits per heavy atom. The van der Waals surface area contributed by atoms with Crippen LogP contribution in [0.1, 0.15) is 11.1 Å². The summed E-state index contributed by atoms with van der Waals surface area (Å²) in [5.74, 6) is 0. The second kappa shape index (κ2) is 3.97. The van der Waals surface area contributed by atoms with Crippen molar-refractivity contribution in [1.29, 1.82) is 5.26 Å². The average Bonchev–Trinajstić information content (AvgIpc) is 1.88. The van der Waals surface area contributed by atoms with Gasteiger partial charge in [-0.05, 0) is 24.6 Å². The Bertz CT molecular complexity index is 250. The zero-order chi connectivity index (χ0) is 6.69. The van der Waals surface area contributed by atoms with Crippen LogP contribution >= 0.6 is 13.5 Å². The lowest BCUT2D eigenvalue weighted by molar-refractivity contribution is 1.42. The molecule has 2 heteroatoms. The lowest BCUT2D eigenvalue weighted by Crippen LogP contribution is -1.73. The number of hydrogen-bond acceptors (Lipinski definition) is 1. The number of rotatable bonds is 0. The highest BCUT2D eigenvalue weighted by atomic mass is 32.1. The number of aryl methyl sites for hydroxylation is 1. The number of hydrogen-bond donors (Lipinski definition) is 0. The summed E-state index contributed by atoms with van der Waals surface area (Å²) in [6.07, 6.45) is 0. The fourth-order valence-electron chi connectivity index (χ4n) is 0.715. The predicted octanol–water partition coefficient (Wildman–Crippen LogP) is 1.98. The molecule has 0 atom stereocenters. The monoisotopic (exact) mass is 151 g/mol. The van der Waals surface area contributed by atoms with E-state index in [-0.39, 0.29) is 13.5 Å². The predicted molar refractivity (Wildman–Crippen MR) is 46.3 cm³/mol. The Kier molecular flexibility index (Phi) is 3.60. The van der Waals surface area contributed by atoms with Crippen LogP contribution in [0.15, 0.2) is 24.3 Å². The van der Waals surface area contributed by atoms with Crippen LogP contribution in [0.4, 0.5) is 0 Å². The van der Waals surface area contributed by atoms with E-state index in [9.17, 15) is 0 Å². The molecule has 0 aliphatic rings. The van der Waals surface area contributed by atoms with E-state index in [4.69, 9.17) is 5.26 Å². The van der Waals surface area contributed by atoms with Crippen molar-refractivity contribution in [2.45, 2.75) is 6.92 Å². The van der Waals surface area contributed by atoms with Gasteiger partial charge in [0.25, 0.3) is 0 Å². The van der Waals surface area contributed by atoms with Crippen LogP contribution in [0.5, 0.6) is 0 Å². The summed E-state index contributed by atoms with van der Waals surface area (Å²) in [6.45, 7) is 1.97. The molecule has 0 bridgehead atoms. The van der Waals surface area contributed by atoms with Crippen LogP contribution in [-0.4, -0.2) is 0 Å². The molecular formula is C8H9NS. The molecule has 10 heavy (non-hydrogen) atoms. The maximum absolute atomic E-state index is 8.41. The number of benzene rings is 1. The molecule has 0 amide bonds. The number of nitriles is 1. The normalized spacial score (nSPS) is 7.60. The van der Waals surface area contributed by atoms with Crippen LogP contribution in [0.2, 0.25) is 0 Å². The highest BCUT2D eigenvalue weighted by molar-refractivity contribution is 7.59. The zero-order valence-corrected chi connectivity index (χ0v) is 6.76. The summed E-state index contributed by atoms with van der Waals surface area (Å²) in [5, 5.41) is 8.41. The third-order valence-electron chi connectivity index (χ3n) is 1.15. The molecule has 0 saturated carbocycles. The van der Waals surface area contributed by atoms with Crippen LogP contribution < -0.4 is 0 Å². The molecule has 1 rings (SSSR count). The quantitative estimate of drug-likeness (QED) is 0.556. The molecule has 0 spiro atoms. The highest BCUT2D eigenvalue weighted by Crippen LogP contribution is 2.00. The van der Waals surface area contributed by atoms with E-state index < -0.39 is 0 Å². The standard InChI is InChI=1S/C8H7N.H2S/c1-7-3-2-4-8(5-7)6-9;/h2-5H,1H3;1H2. The van der Waals surface area contributed by atoms with Gasteiger partial charge < -0.3 is 0 Å². The second-order valence-electron chi connectivity index (χ2n) is 1.98. The molecule has 0 saturated heterocycles. The first-order valence-corrected chi connectivity index (χ1v) is 2.79. The molecule has 0 radical (unpaired) electrons. The van der Waals surface area contributed by atoms with Gasteiger partial charge in [0.05, 0.1) is 11.6 Å². The molecule has 0 aromatic heterocycles. The minimum absolute atomic E-state index is 0. The molecule has 0 fully saturated rings. The van der Waals surface area contributed by atoms with Crippen LogP contribution in [0, 0.1) is 18.3 Å². The first-order valence-electron chi connectivity index (χ1n) is 2.79. The van der Waals surface area contributed by atoms with Gasteiger partial charge in [-0.25, -0.2) is 0 Å². The smallest absolute Gasteiger partial charge is 0.0991 e. The average molecular weight is 151 g/mol. The molecule has 1 nitrogen and oxygen atoms in total. The van der Waals surface area contributed by atoms with Crippen molar-refractivity contribution in [3.05, 3.63) is 35.4 Å². The van der Waals surface area contributed by atoms with Crippen LogP contribution in [-0.2, 0) is 0 Å². The highest BCUT2D eigenvalue weighted by Gasteiger charge is 1.86. The topological polar surface area (TPSA) is 23.8 Å². The van der Waals surface area contributed by atoms with E-state index in [1.54, 1.807) is 6.07 Å². The van der Waals surface area contributed by atoms with E-state index in [0.29, 0.717) is 0 Å². The molecular weight excluding hydrogens is 142 g/mol. The van der Waals surface area contributed by atoms with Crippen molar-refractivity contribution in [3.63, 3.8) is 0 Å². The van der Waals surface area contributed by atoms with E-state index in [2.05, 4.69) is 6.07 Å². The van der Waals surface area contributed by atoms with Gasteiger partial charge in [0.15, 0.2) is 0 Å². The van der Waals surface area contributed by atoms with Gasteiger partial charge in [-0.1, -0.05) is 12.1 Å². The van der Waals surface area contributed by atoms with E-state index >= 15 is 0 Å². The first-order chi connectivity index (χ1) is 4.33. The molecule has 0 unspecified atom stereocenters. The minimum atomic E-state index is 0. The SMILES string of the molecule is Cc1cccc(C#N)c1.S. The van der Waals surface area contributed by atoms with Gasteiger partial charge in [0.1, 0.15) is 0 Å². The Morgan fingerprint density at radius 2 is 2.10 bits per heavy atom. The fraction of sp³-hybridized carbons (Fsp3) is 0.125. The van der Waals surface area contributed by atoms with Crippen molar-refractivity contribution in [3.8, 4) is 6.07 Å². The maximum Gasteiger partial charge on any atom is 0.0991 e. The van der Waals surface area contributed by atoms with Crippen LogP contribution in [0.25, 0.3) is 0 Å². The van der Waals surface area contributed by atoms with E-state index in [0.717, 1.165) is 11.1 Å². The number of nitrogens with zero attached hydrogens (tertiary/aromatic N) is 1. The summed E-state index contributed by atoms with van der Waals surface area (Å²) in [5.41, 5.74) is 1.86. The summed E-state index contributed by atoms with van der Waals surface area (Å²) in [7, 11) is 0. The Balaban J connectivity index is 0.000000810. The largest absolute Gasteiger partial charge is 0.197 e. The van der Waals surface area contributed by atoms with Gasteiger partial charge in [0, 0.05) is 0 Å². The van der Waals surface area contributed by atoms with Gasteiger partial charge in [-0.2, -0.15) is 18.8 Å². The summed E-state index contributed by atoms with van der Waals surface area (Å²) in [4.78, 5) is 0. The molecule has 1 aromatic carbocycles. The van der Waals surface area contributed by atoms with E-state index in [1.807, 2.05) is 25.1 Å². The Labute approximate surface area is 67.7 Å². The van der Waals surface area contributed by atoms with Gasteiger partial charge in [0.2, 0.25) is 0 Å². The van der Waals surface area contributed by atoms with E-state index in [1.165, 1.54) is 0 Å². The van der Waals surface area contributed by atoms with Crippen molar-refractivity contribution >= 4 is 13.5 Å². The maximum atomic E-state index is 8.41. The van der Waals surface area contributed by atoms with Crippen molar-refractivity contribution < 1.29 is 0 Å². The Hall–Kier alpha value is -0.940. The summed E-state index contributed by atoms with van der Waals surface area (Å²) >= 11 is 0.